The molecule has 2 rings (SSSR count). The molecule has 0 aromatic rings. The predicted octanol–water partition coefficient (Wildman–Crippen LogP) is -2.63. The van der Waals surface area contributed by atoms with E-state index in [0.717, 1.165) is 12.0 Å². The molecule has 0 aromatic heterocycles. The van der Waals surface area contributed by atoms with Gasteiger partial charge in [0, 0.05) is 0 Å². The van der Waals surface area contributed by atoms with Gasteiger partial charge in [0.05, 0.1) is 6.04 Å². The van der Waals surface area contributed by atoms with Gasteiger partial charge in [0.1, 0.15) is 0 Å². The number of urea groups is 1. The smallest absolute Gasteiger partial charge is 0.423 e. The maximum Gasteiger partial charge on any atom is 1.00 e. The van der Waals surface area contributed by atoms with Crippen molar-refractivity contribution < 1.29 is 39.1 Å². The van der Waals surface area contributed by atoms with E-state index < -0.39 is 11.9 Å². The topological polar surface area (TPSA) is 77.5 Å². The average Bonchev–Trinajstić information content (AvgIpc) is 2.41. The first-order valence-electron chi connectivity index (χ1n) is 4.65. The molecule has 76 valence electrons. The number of hydrogen-bond donors (Lipinski definition) is 1. The maximum absolute atomic E-state index is 11.4. The van der Waals surface area contributed by atoms with Crippen LogP contribution in [0.3, 0.4) is 0 Å². The van der Waals surface area contributed by atoms with Gasteiger partial charge in [-0.2, -0.15) is 0 Å². The Balaban J connectivity index is 0.00000112. The number of fused-ring (bicyclic) bond motifs is 2. The molecule has 0 aromatic carbocycles. The molecular formula is C9H12N3NaO2. The first-order valence-corrected chi connectivity index (χ1v) is 4.65. The molecule has 2 aliphatic rings. The van der Waals surface area contributed by atoms with Crippen LogP contribution in [-0.4, -0.2) is 35.5 Å². The normalized spacial score (nSPS) is 27.9. The fraction of sp³-hybridized carbons (Fsp3) is 0.556. The van der Waals surface area contributed by atoms with Crippen LogP contribution in [0.15, 0.2) is 11.6 Å². The number of nitrogens with two attached hydrogens (primary N) is 1. The van der Waals surface area contributed by atoms with Gasteiger partial charge < -0.3 is 16.0 Å². The third-order valence-corrected chi connectivity index (χ3v) is 2.65. The van der Waals surface area contributed by atoms with E-state index in [2.05, 4.69) is 5.32 Å². The van der Waals surface area contributed by atoms with Crippen molar-refractivity contribution >= 4 is 11.9 Å². The molecule has 6 heteroatoms. The summed E-state index contributed by atoms with van der Waals surface area (Å²) in [5.74, 6) is -0.470. The van der Waals surface area contributed by atoms with E-state index in [1.165, 1.54) is 4.90 Å². The first-order chi connectivity index (χ1) is 6.63. The fourth-order valence-electron chi connectivity index (χ4n) is 2.03. The van der Waals surface area contributed by atoms with Gasteiger partial charge in [-0.25, -0.2) is 0 Å². The first kappa shape index (κ1) is 12.5. The molecule has 0 aliphatic carbocycles. The minimum atomic E-state index is -0.574. The standard InChI is InChI=1S/C9H13N3O2.Na/c1-2-5-3-6-4-12(9(14)11-6)7(5)8(10)13;/h3,6-7H,2,4H2,1H3,(H3,10,11,13,14);/q;+1/p-1/t6-,7+;/m1./s1. The second-order valence-corrected chi connectivity index (χ2v) is 3.53. The van der Waals surface area contributed by atoms with Gasteiger partial charge >= 0.3 is 29.6 Å². The molecule has 2 bridgehead atoms. The maximum atomic E-state index is 11.4. The molecule has 1 fully saturated rings. The van der Waals surface area contributed by atoms with Crippen LogP contribution in [-0.2, 0) is 4.79 Å². The minimum absolute atomic E-state index is 0. The summed E-state index contributed by atoms with van der Waals surface area (Å²) in [6.45, 7) is 2.44. The van der Waals surface area contributed by atoms with E-state index in [9.17, 15) is 9.59 Å². The second-order valence-electron chi connectivity index (χ2n) is 3.53. The summed E-state index contributed by atoms with van der Waals surface area (Å²) in [4.78, 5) is 24.0. The molecule has 5 nitrogen and oxygen atoms in total. The van der Waals surface area contributed by atoms with Crippen molar-refractivity contribution in [3.05, 3.63) is 17.0 Å². The van der Waals surface area contributed by atoms with Gasteiger partial charge in [-0.05, 0) is 19.0 Å². The van der Waals surface area contributed by atoms with Gasteiger partial charge in [0.25, 0.3) is 0 Å². The molecule has 2 aliphatic heterocycles. The Labute approximate surface area is 110 Å². The third-order valence-electron chi connectivity index (χ3n) is 2.65. The number of primary amides is 1. The van der Waals surface area contributed by atoms with Gasteiger partial charge in [0.15, 0.2) is 6.03 Å². The Morgan fingerprint density at radius 2 is 2.40 bits per heavy atom. The number of carbonyl (C=O) groups excluding carboxylic acids is 2. The molecule has 0 saturated carbocycles. The zero-order chi connectivity index (χ0) is 10.3. The van der Waals surface area contributed by atoms with Gasteiger partial charge in [0.2, 0.25) is 5.91 Å². The summed E-state index contributed by atoms with van der Waals surface area (Å²) in [5, 5.41) is 3.88. The van der Waals surface area contributed by atoms with Crippen LogP contribution in [0.1, 0.15) is 13.3 Å². The van der Waals surface area contributed by atoms with Gasteiger partial charge in [-0.15, -0.1) is 0 Å². The van der Waals surface area contributed by atoms with Crippen molar-refractivity contribution in [2.24, 2.45) is 5.73 Å². The molecule has 3 amide bonds. The average molecular weight is 217 g/mol. The molecule has 1 saturated heterocycles. The Bertz CT molecular complexity index is 329. The van der Waals surface area contributed by atoms with E-state index in [1.807, 2.05) is 13.0 Å². The van der Waals surface area contributed by atoms with Crippen LogP contribution < -0.4 is 35.3 Å². The van der Waals surface area contributed by atoms with Gasteiger partial charge in [-0.3, -0.25) is 9.59 Å². The van der Waals surface area contributed by atoms with Crippen LogP contribution in [0.4, 0.5) is 4.79 Å². The van der Waals surface area contributed by atoms with E-state index in [-0.39, 0.29) is 41.6 Å². The Morgan fingerprint density at radius 1 is 1.73 bits per heavy atom. The summed E-state index contributed by atoms with van der Waals surface area (Å²) in [7, 11) is 0. The van der Waals surface area contributed by atoms with Crippen molar-refractivity contribution in [3.63, 3.8) is 0 Å². The summed E-state index contributed by atoms with van der Waals surface area (Å²) < 4.78 is 0. The zero-order valence-corrected chi connectivity index (χ0v) is 10.9. The Kier molecular flexibility index (Phi) is 3.81. The summed E-state index contributed by atoms with van der Waals surface area (Å²) in [6.07, 6.45) is 2.61. The molecule has 2 N–H and O–H groups in total. The molecular weight excluding hydrogens is 205 g/mol. The van der Waals surface area contributed by atoms with Crippen molar-refractivity contribution in [1.82, 2.24) is 4.90 Å². The summed E-state index contributed by atoms with van der Waals surface area (Å²) >= 11 is 0. The van der Waals surface area contributed by atoms with E-state index >= 15 is 0 Å². The number of rotatable bonds is 2. The van der Waals surface area contributed by atoms with Crippen LogP contribution >= 0.6 is 0 Å². The quantitative estimate of drug-likeness (QED) is 0.406. The van der Waals surface area contributed by atoms with Crippen LogP contribution in [0.25, 0.3) is 5.32 Å². The van der Waals surface area contributed by atoms with E-state index in [4.69, 9.17) is 5.73 Å². The number of amides is 3. The number of nitrogens with zero attached hydrogens (tertiary/aromatic N) is 2. The van der Waals surface area contributed by atoms with Crippen molar-refractivity contribution in [1.29, 1.82) is 0 Å². The molecule has 2 heterocycles. The molecule has 15 heavy (non-hydrogen) atoms. The molecule has 0 spiro atoms. The van der Waals surface area contributed by atoms with Crippen molar-refractivity contribution in [3.8, 4) is 0 Å². The summed E-state index contributed by atoms with van der Waals surface area (Å²) in [6, 6.07) is -0.971. The second kappa shape index (κ2) is 4.55. The van der Waals surface area contributed by atoms with Crippen molar-refractivity contribution in [2.45, 2.75) is 25.4 Å². The third kappa shape index (κ3) is 2.04. The van der Waals surface area contributed by atoms with E-state index in [1.54, 1.807) is 0 Å². The zero-order valence-electron chi connectivity index (χ0n) is 8.93. The SMILES string of the molecule is CCC1=C[C@@H]2CN(C(=O)[N-]2)[C@@H]1C(N)=O.[Na+]. The number of hydrogen-bond acceptors (Lipinski definition) is 2. The number of carbonyl (C=O) groups is 2. The van der Waals surface area contributed by atoms with Gasteiger partial charge in [-0.1, -0.05) is 18.6 Å². The van der Waals surface area contributed by atoms with Crippen LogP contribution in [0, 0.1) is 0 Å². The fourth-order valence-corrected chi connectivity index (χ4v) is 2.03. The Hall–Kier alpha value is -0.520. The monoisotopic (exact) mass is 217 g/mol. The minimum Gasteiger partial charge on any atom is -0.423 e. The van der Waals surface area contributed by atoms with Crippen LogP contribution in [0.5, 0.6) is 0 Å². The molecule has 0 unspecified atom stereocenters. The van der Waals surface area contributed by atoms with E-state index in [0.29, 0.717) is 6.54 Å². The summed E-state index contributed by atoms with van der Waals surface area (Å²) in [5.41, 5.74) is 6.17. The van der Waals surface area contributed by atoms with Crippen LogP contribution in [0.2, 0.25) is 0 Å². The Morgan fingerprint density at radius 3 is 2.93 bits per heavy atom. The largest absolute Gasteiger partial charge is 1.00 e. The predicted molar refractivity (Wildman–Crippen MR) is 50.6 cm³/mol. The molecule has 2 atom stereocenters. The molecule has 0 radical (unpaired) electrons. The van der Waals surface area contributed by atoms with Crippen molar-refractivity contribution in [2.75, 3.05) is 6.54 Å².